The fourth-order valence-electron chi connectivity index (χ4n) is 3.76. The number of fused-ring (bicyclic) bond motifs is 3. The van der Waals surface area contributed by atoms with Gasteiger partial charge < -0.3 is 10.1 Å². The minimum Gasteiger partial charge on any atom is -0.399 e. The fraction of sp³-hybridized carbons (Fsp3) is 0. The van der Waals surface area contributed by atoms with Crippen LogP contribution in [0.15, 0.2) is 79.0 Å². The first kappa shape index (κ1) is 16.9. The maximum absolute atomic E-state index is 13.3. The molecule has 6 heteroatoms. The molecule has 1 aliphatic rings. The molecule has 4 aromatic rings. The van der Waals surface area contributed by atoms with Crippen molar-refractivity contribution in [2.24, 2.45) is 0 Å². The monoisotopic (exact) mass is 381 g/mol. The van der Waals surface area contributed by atoms with Gasteiger partial charge in [0, 0.05) is 17.4 Å². The summed E-state index contributed by atoms with van der Waals surface area (Å²) in [4.78, 5) is 41.0. The van der Waals surface area contributed by atoms with Crippen LogP contribution in [0, 0.1) is 0 Å². The molecule has 0 fully saturated rings. The van der Waals surface area contributed by atoms with Crippen molar-refractivity contribution >= 4 is 34.5 Å². The van der Waals surface area contributed by atoms with Crippen molar-refractivity contribution in [2.45, 2.75) is 0 Å². The van der Waals surface area contributed by atoms with Crippen LogP contribution in [0.25, 0.3) is 5.52 Å². The van der Waals surface area contributed by atoms with Crippen LogP contribution < -0.4 is 10.6 Å². The largest absolute Gasteiger partial charge is 0.399 e. The standard InChI is InChI=1S/C23H15N3O3/c24-15-11-9-14(10-12-15)21(27)20-19-18(17-8-4-5-13-25(17)20)22(28)26(23(19)29)16-6-2-1-3-7-16/h1-13H,24H2. The Balaban J connectivity index is 1.75. The molecule has 2 amide bonds. The van der Waals surface area contributed by atoms with E-state index < -0.39 is 11.8 Å². The Morgan fingerprint density at radius 1 is 0.759 bits per heavy atom. The zero-order valence-corrected chi connectivity index (χ0v) is 15.2. The van der Waals surface area contributed by atoms with Crippen LogP contribution in [0.3, 0.4) is 0 Å². The van der Waals surface area contributed by atoms with Crippen molar-refractivity contribution in [1.82, 2.24) is 4.40 Å². The molecule has 0 bridgehead atoms. The van der Waals surface area contributed by atoms with Gasteiger partial charge in [-0.2, -0.15) is 0 Å². The predicted molar refractivity (Wildman–Crippen MR) is 109 cm³/mol. The highest BCUT2D eigenvalue weighted by Gasteiger charge is 2.43. The SMILES string of the molecule is Nc1ccc(C(=O)c2c3c(c4ccccn24)C(=O)N(c2ccccc2)C3=O)cc1. The van der Waals surface area contributed by atoms with E-state index in [1.54, 1.807) is 77.3 Å². The lowest BCUT2D eigenvalue weighted by Gasteiger charge is -2.15. The van der Waals surface area contributed by atoms with E-state index in [0.717, 1.165) is 4.90 Å². The number of imide groups is 1. The number of pyridine rings is 1. The fourth-order valence-corrected chi connectivity index (χ4v) is 3.76. The van der Waals surface area contributed by atoms with Gasteiger partial charge in [0.05, 0.1) is 22.3 Å². The van der Waals surface area contributed by atoms with Gasteiger partial charge in [-0.1, -0.05) is 24.3 Å². The van der Waals surface area contributed by atoms with Gasteiger partial charge in [-0.15, -0.1) is 0 Å². The molecule has 140 valence electrons. The minimum atomic E-state index is -0.501. The third kappa shape index (κ3) is 2.39. The number of benzene rings is 2. The van der Waals surface area contributed by atoms with E-state index in [4.69, 9.17) is 5.73 Å². The first-order chi connectivity index (χ1) is 14.1. The van der Waals surface area contributed by atoms with E-state index >= 15 is 0 Å². The summed E-state index contributed by atoms with van der Waals surface area (Å²) in [6.45, 7) is 0. The number of hydrogen-bond donors (Lipinski definition) is 1. The number of aromatic nitrogens is 1. The van der Waals surface area contributed by atoms with Crippen LogP contribution in [-0.4, -0.2) is 22.0 Å². The molecule has 0 unspecified atom stereocenters. The van der Waals surface area contributed by atoms with Gasteiger partial charge in [-0.05, 0) is 48.5 Å². The third-order valence-corrected chi connectivity index (χ3v) is 5.08. The van der Waals surface area contributed by atoms with Gasteiger partial charge >= 0.3 is 0 Å². The molecule has 1 aliphatic heterocycles. The summed E-state index contributed by atoms with van der Waals surface area (Å²) in [5, 5.41) is 0. The van der Waals surface area contributed by atoms with Crippen molar-refractivity contribution in [2.75, 3.05) is 10.6 Å². The number of para-hydroxylation sites is 1. The molecular weight excluding hydrogens is 366 g/mol. The number of rotatable bonds is 3. The van der Waals surface area contributed by atoms with Gasteiger partial charge in [-0.3, -0.25) is 14.4 Å². The van der Waals surface area contributed by atoms with Gasteiger partial charge in [-0.25, -0.2) is 4.90 Å². The lowest BCUT2D eigenvalue weighted by molar-refractivity contribution is 0.0919. The number of anilines is 2. The van der Waals surface area contributed by atoms with Crippen molar-refractivity contribution in [1.29, 1.82) is 0 Å². The number of nitrogens with zero attached hydrogens (tertiary/aromatic N) is 2. The molecule has 0 saturated carbocycles. The molecular formula is C23H15N3O3. The Bertz CT molecular complexity index is 1300. The number of nitrogens with two attached hydrogens (primary N) is 1. The van der Waals surface area contributed by atoms with Crippen molar-refractivity contribution in [3.63, 3.8) is 0 Å². The lowest BCUT2D eigenvalue weighted by atomic mass is 10.0. The zero-order chi connectivity index (χ0) is 20.1. The molecule has 0 atom stereocenters. The second-order valence-corrected chi connectivity index (χ2v) is 6.79. The number of carbonyl (C=O) groups is 3. The van der Waals surface area contributed by atoms with Crippen LogP contribution in [0.5, 0.6) is 0 Å². The van der Waals surface area contributed by atoms with Crippen molar-refractivity contribution in [3.8, 4) is 0 Å². The normalized spacial score (nSPS) is 13.2. The highest BCUT2D eigenvalue weighted by Crippen LogP contribution is 2.36. The quantitative estimate of drug-likeness (QED) is 0.334. The smallest absolute Gasteiger partial charge is 0.268 e. The number of ketones is 1. The molecule has 29 heavy (non-hydrogen) atoms. The molecule has 0 radical (unpaired) electrons. The Morgan fingerprint density at radius 3 is 2.14 bits per heavy atom. The summed E-state index contributed by atoms with van der Waals surface area (Å²) < 4.78 is 1.61. The molecule has 2 N–H and O–H groups in total. The molecule has 5 rings (SSSR count). The second-order valence-electron chi connectivity index (χ2n) is 6.79. The van der Waals surface area contributed by atoms with Gasteiger partial charge in [0.25, 0.3) is 11.8 Å². The van der Waals surface area contributed by atoms with Crippen molar-refractivity contribution < 1.29 is 14.4 Å². The summed E-state index contributed by atoms with van der Waals surface area (Å²) in [6, 6.07) is 20.5. The van der Waals surface area contributed by atoms with E-state index in [1.807, 2.05) is 6.07 Å². The van der Waals surface area contributed by atoms with Crippen LogP contribution in [0.1, 0.15) is 36.8 Å². The molecule has 0 aliphatic carbocycles. The molecule has 3 heterocycles. The van der Waals surface area contributed by atoms with E-state index in [-0.39, 0.29) is 22.6 Å². The Labute approximate surface area is 165 Å². The van der Waals surface area contributed by atoms with Crippen LogP contribution in [0.2, 0.25) is 0 Å². The topological polar surface area (TPSA) is 84.9 Å². The van der Waals surface area contributed by atoms with Crippen molar-refractivity contribution in [3.05, 3.63) is 101 Å². The van der Waals surface area contributed by atoms with E-state index in [1.165, 1.54) is 0 Å². The van der Waals surface area contributed by atoms with E-state index in [2.05, 4.69) is 0 Å². The summed E-state index contributed by atoms with van der Waals surface area (Å²) >= 11 is 0. The summed E-state index contributed by atoms with van der Waals surface area (Å²) in [7, 11) is 0. The Hall–Kier alpha value is -4.19. The van der Waals surface area contributed by atoms with E-state index in [0.29, 0.717) is 22.5 Å². The molecule has 2 aromatic heterocycles. The Morgan fingerprint density at radius 2 is 1.41 bits per heavy atom. The Kier molecular flexibility index (Phi) is 3.61. The maximum atomic E-state index is 13.3. The van der Waals surface area contributed by atoms with Crippen LogP contribution in [0.4, 0.5) is 11.4 Å². The first-order valence-electron chi connectivity index (χ1n) is 9.05. The second kappa shape index (κ2) is 6.17. The average molecular weight is 381 g/mol. The molecule has 6 nitrogen and oxygen atoms in total. The highest BCUT2D eigenvalue weighted by molar-refractivity contribution is 6.39. The average Bonchev–Trinajstić information content (AvgIpc) is 3.22. The van der Waals surface area contributed by atoms with Crippen LogP contribution >= 0.6 is 0 Å². The lowest BCUT2D eigenvalue weighted by Crippen LogP contribution is -2.30. The van der Waals surface area contributed by atoms with Gasteiger partial charge in [0.1, 0.15) is 5.69 Å². The molecule has 0 saturated heterocycles. The zero-order valence-electron chi connectivity index (χ0n) is 15.2. The van der Waals surface area contributed by atoms with Gasteiger partial charge in [0.15, 0.2) is 0 Å². The summed E-state index contributed by atoms with van der Waals surface area (Å²) in [5.74, 6) is -1.28. The maximum Gasteiger partial charge on any atom is 0.268 e. The summed E-state index contributed by atoms with van der Waals surface area (Å²) in [5.41, 5.74) is 8.21. The first-order valence-corrected chi connectivity index (χ1v) is 9.05. The molecule has 2 aromatic carbocycles. The minimum absolute atomic E-state index is 0.131. The molecule has 0 spiro atoms. The predicted octanol–water partition coefficient (Wildman–Crippen LogP) is 3.55. The van der Waals surface area contributed by atoms with Gasteiger partial charge in [0.2, 0.25) is 5.78 Å². The third-order valence-electron chi connectivity index (χ3n) is 5.08. The van der Waals surface area contributed by atoms with E-state index in [9.17, 15) is 14.4 Å². The summed E-state index contributed by atoms with van der Waals surface area (Å²) in [6.07, 6.45) is 1.69. The number of hydrogen-bond acceptors (Lipinski definition) is 4. The van der Waals surface area contributed by atoms with Crippen LogP contribution in [-0.2, 0) is 0 Å². The number of nitrogen functional groups attached to an aromatic ring is 1. The number of amides is 2. The highest BCUT2D eigenvalue weighted by atomic mass is 16.2. The number of carbonyl (C=O) groups excluding carboxylic acids is 3.